The molecule has 0 aromatic heterocycles. The zero-order valence-electron chi connectivity index (χ0n) is 12.1. The van der Waals surface area contributed by atoms with Gasteiger partial charge in [0.25, 0.3) is 0 Å². The summed E-state index contributed by atoms with van der Waals surface area (Å²) in [4.78, 5) is 1.08. The van der Waals surface area contributed by atoms with Crippen molar-refractivity contribution in [1.82, 2.24) is 0 Å². The predicted octanol–water partition coefficient (Wildman–Crippen LogP) is 5.87. The lowest BCUT2D eigenvalue weighted by Gasteiger charge is -2.23. The maximum Gasteiger partial charge on any atom is 0.0603 e. The van der Waals surface area contributed by atoms with E-state index in [1.807, 2.05) is 18.2 Å². The molecule has 0 heterocycles. The molecule has 2 atom stereocenters. The van der Waals surface area contributed by atoms with Crippen molar-refractivity contribution < 1.29 is 0 Å². The molecule has 112 valence electrons. The summed E-state index contributed by atoms with van der Waals surface area (Å²) in [6, 6.07) is 14.4. The van der Waals surface area contributed by atoms with Crippen LogP contribution < -0.4 is 5.73 Å². The van der Waals surface area contributed by atoms with Crippen molar-refractivity contribution >= 4 is 35.0 Å². The third kappa shape index (κ3) is 4.40. The molecular weight excluding hydrogens is 321 g/mol. The van der Waals surface area contributed by atoms with Gasteiger partial charge in [-0.3, -0.25) is 0 Å². The summed E-state index contributed by atoms with van der Waals surface area (Å²) < 4.78 is 0. The second-order valence-corrected chi connectivity index (χ2v) is 7.13. The summed E-state index contributed by atoms with van der Waals surface area (Å²) in [5.74, 6) is 0. The van der Waals surface area contributed by atoms with Crippen LogP contribution >= 0.6 is 35.0 Å². The van der Waals surface area contributed by atoms with Gasteiger partial charge in [0, 0.05) is 16.2 Å². The average Bonchev–Trinajstić information content (AvgIpc) is 2.48. The number of thioether (sulfide) groups is 1. The first-order valence-electron chi connectivity index (χ1n) is 6.95. The first-order chi connectivity index (χ1) is 10.0. The molecule has 2 rings (SSSR count). The number of nitrogens with two attached hydrogens (primary N) is 1. The second kappa shape index (κ2) is 7.55. The molecule has 0 aliphatic rings. The molecule has 4 heteroatoms. The van der Waals surface area contributed by atoms with Crippen LogP contribution in [0.4, 0.5) is 0 Å². The highest BCUT2D eigenvalue weighted by molar-refractivity contribution is 7.99. The normalized spacial score (nSPS) is 14.0. The van der Waals surface area contributed by atoms with E-state index >= 15 is 0 Å². The SMILES string of the molecule is CCC(N)C(Sc1ccc(Cl)c(Cl)c1)c1ccc(C)cc1. The van der Waals surface area contributed by atoms with E-state index in [4.69, 9.17) is 28.9 Å². The molecule has 0 saturated heterocycles. The first-order valence-corrected chi connectivity index (χ1v) is 8.58. The molecule has 0 spiro atoms. The first kappa shape index (κ1) is 16.7. The van der Waals surface area contributed by atoms with Crippen molar-refractivity contribution in [3.63, 3.8) is 0 Å². The Hall–Kier alpha value is -0.670. The minimum atomic E-state index is 0.0900. The lowest BCUT2D eigenvalue weighted by molar-refractivity contribution is 0.634. The summed E-state index contributed by atoms with van der Waals surface area (Å²) in [5, 5.41) is 1.36. The van der Waals surface area contributed by atoms with Gasteiger partial charge in [-0.25, -0.2) is 0 Å². The fraction of sp³-hybridized carbons (Fsp3) is 0.294. The van der Waals surface area contributed by atoms with E-state index < -0.39 is 0 Å². The van der Waals surface area contributed by atoms with E-state index in [1.54, 1.807) is 11.8 Å². The lowest BCUT2D eigenvalue weighted by Crippen LogP contribution is -2.25. The van der Waals surface area contributed by atoms with Crippen LogP contribution in [-0.4, -0.2) is 6.04 Å². The van der Waals surface area contributed by atoms with Crippen LogP contribution in [0.25, 0.3) is 0 Å². The maximum absolute atomic E-state index is 6.32. The topological polar surface area (TPSA) is 26.0 Å². The highest BCUT2D eigenvalue weighted by atomic mass is 35.5. The molecule has 2 aromatic rings. The van der Waals surface area contributed by atoms with Crippen molar-refractivity contribution in [3.05, 3.63) is 63.6 Å². The highest BCUT2D eigenvalue weighted by Gasteiger charge is 2.20. The third-order valence-electron chi connectivity index (χ3n) is 3.42. The second-order valence-electron chi connectivity index (χ2n) is 5.10. The molecule has 0 amide bonds. The number of aryl methyl sites for hydroxylation is 1. The van der Waals surface area contributed by atoms with Gasteiger partial charge >= 0.3 is 0 Å². The van der Waals surface area contributed by atoms with Crippen LogP contribution in [0, 0.1) is 6.92 Å². The van der Waals surface area contributed by atoms with Crippen LogP contribution in [0.3, 0.4) is 0 Å². The van der Waals surface area contributed by atoms with Crippen molar-refractivity contribution in [1.29, 1.82) is 0 Å². The summed E-state index contributed by atoms with van der Waals surface area (Å²) in [7, 11) is 0. The smallest absolute Gasteiger partial charge is 0.0603 e. The molecule has 0 aliphatic carbocycles. The van der Waals surface area contributed by atoms with Crippen molar-refractivity contribution in [2.45, 2.75) is 36.5 Å². The molecule has 0 fully saturated rings. The van der Waals surface area contributed by atoms with Crippen LogP contribution in [-0.2, 0) is 0 Å². The van der Waals surface area contributed by atoms with Crippen molar-refractivity contribution in [2.75, 3.05) is 0 Å². The fourth-order valence-corrected chi connectivity index (χ4v) is 3.72. The molecule has 0 radical (unpaired) electrons. The standard InChI is InChI=1S/C17H19Cl2NS/c1-3-16(20)17(12-6-4-11(2)5-7-12)21-13-8-9-14(18)15(19)10-13/h4-10,16-17H,3,20H2,1-2H3. The Bertz CT molecular complexity index is 598. The Morgan fingerprint density at radius 3 is 2.29 bits per heavy atom. The van der Waals surface area contributed by atoms with Crippen LogP contribution in [0.5, 0.6) is 0 Å². The third-order valence-corrected chi connectivity index (χ3v) is 5.56. The van der Waals surface area contributed by atoms with E-state index in [-0.39, 0.29) is 11.3 Å². The number of benzene rings is 2. The van der Waals surface area contributed by atoms with Crippen LogP contribution in [0.15, 0.2) is 47.4 Å². The van der Waals surface area contributed by atoms with E-state index in [0.717, 1.165) is 11.3 Å². The molecule has 21 heavy (non-hydrogen) atoms. The van der Waals surface area contributed by atoms with Gasteiger partial charge < -0.3 is 5.73 Å². The molecule has 2 aromatic carbocycles. The Morgan fingerprint density at radius 2 is 1.71 bits per heavy atom. The summed E-state index contributed by atoms with van der Waals surface area (Å²) >= 11 is 13.8. The van der Waals surface area contributed by atoms with Crippen LogP contribution in [0.1, 0.15) is 29.7 Å². The van der Waals surface area contributed by atoms with Gasteiger partial charge in [-0.05, 0) is 37.1 Å². The average molecular weight is 340 g/mol. The predicted molar refractivity (Wildman–Crippen MR) is 94.5 cm³/mol. The number of halogens is 2. The molecular formula is C17H19Cl2NS. The molecule has 2 N–H and O–H groups in total. The summed E-state index contributed by atoms with van der Waals surface area (Å²) in [5.41, 5.74) is 8.82. The summed E-state index contributed by atoms with van der Waals surface area (Å²) in [6.45, 7) is 4.20. The van der Waals surface area contributed by atoms with E-state index in [2.05, 4.69) is 38.1 Å². The van der Waals surface area contributed by atoms with Gasteiger partial charge in [-0.2, -0.15) is 0 Å². The minimum absolute atomic E-state index is 0.0900. The molecule has 1 nitrogen and oxygen atoms in total. The zero-order chi connectivity index (χ0) is 15.4. The van der Waals surface area contributed by atoms with Gasteiger partial charge in [0.15, 0.2) is 0 Å². The van der Waals surface area contributed by atoms with Gasteiger partial charge in [0.1, 0.15) is 0 Å². The van der Waals surface area contributed by atoms with Gasteiger partial charge in [0.2, 0.25) is 0 Å². The van der Waals surface area contributed by atoms with Crippen molar-refractivity contribution in [3.8, 4) is 0 Å². The Morgan fingerprint density at radius 1 is 1.05 bits per heavy atom. The number of hydrogen-bond donors (Lipinski definition) is 1. The van der Waals surface area contributed by atoms with E-state index in [9.17, 15) is 0 Å². The van der Waals surface area contributed by atoms with Crippen molar-refractivity contribution in [2.24, 2.45) is 5.73 Å². The van der Waals surface area contributed by atoms with Gasteiger partial charge in [-0.15, -0.1) is 11.8 Å². The molecule has 0 aliphatic heterocycles. The number of rotatable bonds is 5. The molecule has 2 unspecified atom stereocenters. The highest BCUT2D eigenvalue weighted by Crippen LogP contribution is 2.40. The quantitative estimate of drug-likeness (QED) is 0.689. The zero-order valence-corrected chi connectivity index (χ0v) is 14.5. The van der Waals surface area contributed by atoms with E-state index in [0.29, 0.717) is 10.0 Å². The molecule has 0 bridgehead atoms. The van der Waals surface area contributed by atoms with Gasteiger partial charge in [0.05, 0.1) is 10.0 Å². The maximum atomic E-state index is 6.32. The number of hydrogen-bond acceptors (Lipinski definition) is 2. The van der Waals surface area contributed by atoms with Gasteiger partial charge in [-0.1, -0.05) is 60.0 Å². The molecule has 0 saturated carbocycles. The van der Waals surface area contributed by atoms with Crippen LogP contribution in [0.2, 0.25) is 10.0 Å². The largest absolute Gasteiger partial charge is 0.326 e. The Labute approximate surface area is 140 Å². The fourth-order valence-electron chi connectivity index (χ4n) is 2.07. The van der Waals surface area contributed by atoms with E-state index in [1.165, 1.54) is 11.1 Å². The summed E-state index contributed by atoms with van der Waals surface area (Å²) in [6.07, 6.45) is 0.923. The minimum Gasteiger partial charge on any atom is -0.326 e. The monoisotopic (exact) mass is 339 g/mol. The lowest BCUT2D eigenvalue weighted by atomic mass is 10.0. The Kier molecular flexibility index (Phi) is 6.00. The Balaban J connectivity index is 2.28.